The van der Waals surface area contributed by atoms with Gasteiger partial charge < -0.3 is 15.1 Å². The summed E-state index contributed by atoms with van der Waals surface area (Å²) in [4.78, 5) is 34.0. The molecule has 170 valence electrons. The molecule has 0 aromatic heterocycles. The Hall–Kier alpha value is -1.51. The summed E-state index contributed by atoms with van der Waals surface area (Å²) in [7, 11) is -4.81. The molecule has 4 atom stereocenters. The average molecular weight is 448 g/mol. The van der Waals surface area contributed by atoms with E-state index in [1.165, 1.54) is 30.8 Å². The van der Waals surface area contributed by atoms with Crippen molar-refractivity contribution in [3.63, 3.8) is 0 Å². The first-order valence-corrected chi connectivity index (χ1v) is 11.8. The van der Waals surface area contributed by atoms with Gasteiger partial charge in [-0.3, -0.25) is 14.2 Å². The first-order valence-electron chi connectivity index (χ1n) is 10.4. The number of likely N-dealkylation sites (tertiary alicyclic amines) is 1. The Balaban J connectivity index is 1.20. The monoisotopic (exact) mass is 447 g/mol. The highest BCUT2D eigenvalue weighted by Crippen LogP contribution is 2.30. The van der Waals surface area contributed by atoms with Gasteiger partial charge in [0.05, 0.1) is 12.6 Å². The van der Waals surface area contributed by atoms with Crippen molar-refractivity contribution in [3.8, 4) is 0 Å². The summed E-state index contributed by atoms with van der Waals surface area (Å²) in [6, 6.07) is -1.90. The van der Waals surface area contributed by atoms with E-state index >= 15 is 0 Å². The average Bonchev–Trinajstić information content (AvgIpc) is 3.40. The quantitative estimate of drug-likeness (QED) is 0.319. The Labute approximate surface area is 175 Å². The minimum absolute atomic E-state index is 0.148. The van der Waals surface area contributed by atoms with Gasteiger partial charge in [-0.1, -0.05) is 0 Å². The van der Waals surface area contributed by atoms with Crippen molar-refractivity contribution in [2.45, 2.75) is 50.2 Å². The molecule has 0 aromatic carbocycles. The van der Waals surface area contributed by atoms with Crippen LogP contribution in [0.3, 0.4) is 0 Å². The van der Waals surface area contributed by atoms with E-state index in [9.17, 15) is 18.0 Å². The third-order valence-corrected chi connectivity index (χ3v) is 6.63. The van der Waals surface area contributed by atoms with Gasteiger partial charge in [0, 0.05) is 19.1 Å². The van der Waals surface area contributed by atoms with E-state index in [0.717, 1.165) is 19.5 Å². The Bertz CT molecular complexity index is 760. The first kappa shape index (κ1) is 21.7. The van der Waals surface area contributed by atoms with E-state index < -0.39 is 34.4 Å². The minimum atomic E-state index is -4.81. The van der Waals surface area contributed by atoms with E-state index in [4.69, 9.17) is 9.39 Å². The highest BCUT2D eigenvalue weighted by atomic mass is 32.3. The largest absolute Gasteiger partial charge is 0.418 e. The molecule has 3 N–H and O–H groups in total. The minimum Gasteiger partial charge on any atom is -0.311 e. The molecular weight excluding hydrogens is 418 g/mol. The number of carbonyl (C=O) groups is 2. The lowest BCUT2D eigenvalue weighted by Crippen LogP contribution is -2.50. The fraction of sp³-hybridized carbons (Fsp3) is 0.882. The van der Waals surface area contributed by atoms with Crippen molar-refractivity contribution in [2.24, 2.45) is 5.92 Å². The zero-order chi connectivity index (χ0) is 21.3. The maximum Gasteiger partial charge on any atom is 0.418 e. The molecule has 4 saturated heterocycles. The maximum atomic E-state index is 12.5. The van der Waals surface area contributed by atoms with Crippen LogP contribution in [0.1, 0.15) is 32.1 Å². The normalized spacial score (nSPS) is 32.2. The number of nitrogens with one attached hydrogen (secondary N) is 2. The molecular formula is C17H29N5O7S. The molecule has 4 heterocycles. The van der Waals surface area contributed by atoms with Gasteiger partial charge in [0.2, 0.25) is 0 Å². The van der Waals surface area contributed by atoms with E-state index in [-0.39, 0.29) is 12.6 Å². The molecule has 0 aliphatic carbocycles. The van der Waals surface area contributed by atoms with E-state index in [1.54, 1.807) is 0 Å². The van der Waals surface area contributed by atoms with Crippen LogP contribution in [-0.2, 0) is 24.3 Å². The topological polar surface area (TPSA) is 141 Å². The Kier molecular flexibility index (Phi) is 6.46. The van der Waals surface area contributed by atoms with Gasteiger partial charge in [-0.15, -0.1) is 4.28 Å². The highest BCUT2D eigenvalue weighted by Gasteiger charge is 2.49. The number of hydrogen-bond acceptors (Lipinski definition) is 8. The second-order valence-electron chi connectivity index (χ2n) is 8.50. The third kappa shape index (κ3) is 5.03. The van der Waals surface area contributed by atoms with Crippen molar-refractivity contribution in [1.82, 2.24) is 25.7 Å². The van der Waals surface area contributed by atoms with Crippen molar-refractivity contribution in [1.29, 1.82) is 0 Å². The van der Waals surface area contributed by atoms with E-state index in [1.807, 2.05) is 0 Å². The fourth-order valence-electron chi connectivity index (χ4n) is 4.88. The zero-order valence-corrected chi connectivity index (χ0v) is 17.6. The molecule has 12 nitrogen and oxygen atoms in total. The van der Waals surface area contributed by atoms with Crippen molar-refractivity contribution >= 4 is 22.3 Å². The van der Waals surface area contributed by atoms with E-state index in [0.29, 0.717) is 30.4 Å². The lowest BCUT2D eigenvalue weighted by Gasteiger charge is -2.29. The van der Waals surface area contributed by atoms with Crippen LogP contribution in [0.15, 0.2) is 0 Å². The van der Waals surface area contributed by atoms with E-state index in [2.05, 4.69) is 20.0 Å². The van der Waals surface area contributed by atoms with Crippen LogP contribution in [0.25, 0.3) is 0 Å². The van der Waals surface area contributed by atoms with Crippen LogP contribution < -0.4 is 10.8 Å². The molecule has 2 unspecified atom stereocenters. The Morgan fingerprint density at radius 1 is 1.27 bits per heavy atom. The molecule has 0 radical (unpaired) electrons. The number of carbonyl (C=O) groups excluding carboxylic acids is 2. The standard InChI is InChI=1S/C17H29N5O7S/c23-16(15-4-3-14-10-21(15)17(24)22(14)29-30(25,26)27)19-28-11-13-7-12(8-18-13)9-20-5-1-2-6-20/h12-15,18H,1-11H2,(H,19,23)(H,25,26,27)/t12-,13+,14?,15?/m1/s1. The SMILES string of the molecule is O=C(NOC[C@@H]1C[C@@H](CN2CCCC2)CN1)C1CCC2CN1C(=O)N2OS(=O)(=O)O. The number of nitrogens with zero attached hydrogens (tertiary/aromatic N) is 3. The summed E-state index contributed by atoms with van der Waals surface area (Å²) in [5.41, 5.74) is 2.42. The zero-order valence-electron chi connectivity index (χ0n) is 16.7. The van der Waals surface area contributed by atoms with Crippen LogP contribution in [0.4, 0.5) is 4.79 Å². The van der Waals surface area contributed by atoms with Gasteiger partial charge in [-0.25, -0.2) is 10.3 Å². The summed E-state index contributed by atoms with van der Waals surface area (Å²) in [6.07, 6.45) is 4.26. The molecule has 30 heavy (non-hydrogen) atoms. The fourth-order valence-corrected chi connectivity index (χ4v) is 5.27. The Morgan fingerprint density at radius 2 is 2.03 bits per heavy atom. The highest BCUT2D eigenvalue weighted by molar-refractivity contribution is 7.80. The number of hydrogen-bond donors (Lipinski definition) is 3. The van der Waals surface area contributed by atoms with Crippen LogP contribution in [0, 0.1) is 5.92 Å². The summed E-state index contributed by atoms with van der Waals surface area (Å²) in [6.45, 7) is 4.88. The van der Waals surface area contributed by atoms with Crippen LogP contribution >= 0.6 is 0 Å². The Morgan fingerprint density at radius 3 is 2.77 bits per heavy atom. The molecule has 0 saturated carbocycles. The lowest BCUT2D eigenvalue weighted by atomic mass is 10.0. The predicted molar refractivity (Wildman–Crippen MR) is 103 cm³/mol. The lowest BCUT2D eigenvalue weighted by molar-refractivity contribution is -0.139. The third-order valence-electron chi connectivity index (χ3n) is 6.29. The second-order valence-corrected chi connectivity index (χ2v) is 9.51. The molecule has 0 spiro atoms. The summed E-state index contributed by atoms with van der Waals surface area (Å²) in [5.74, 6) is 0.126. The molecule has 3 amide bonds. The van der Waals surface area contributed by atoms with Crippen molar-refractivity contribution < 1.29 is 31.7 Å². The molecule has 13 heteroatoms. The van der Waals surface area contributed by atoms with Gasteiger partial charge in [-0.05, 0) is 57.7 Å². The summed E-state index contributed by atoms with van der Waals surface area (Å²) in [5, 5.41) is 4.04. The summed E-state index contributed by atoms with van der Waals surface area (Å²) >= 11 is 0. The predicted octanol–water partition coefficient (Wildman–Crippen LogP) is -0.889. The number of rotatable bonds is 8. The molecule has 0 aromatic rings. The van der Waals surface area contributed by atoms with Gasteiger partial charge >= 0.3 is 16.4 Å². The van der Waals surface area contributed by atoms with Gasteiger partial charge in [-0.2, -0.15) is 13.5 Å². The number of urea groups is 1. The van der Waals surface area contributed by atoms with Crippen molar-refractivity contribution in [3.05, 3.63) is 0 Å². The number of hydroxylamine groups is 3. The van der Waals surface area contributed by atoms with Crippen molar-refractivity contribution in [2.75, 3.05) is 39.3 Å². The first-order chi connectivity index (χ1) is 14.3. The summed E-state index contributed by atoms with van der Waals surface area (Å²) < 4.78 is 35.1. The van der Waals surface area contributed by atoms with Gasteiger partial charge in [0.25, 0.3) is 5.91 Å². The number of fused-ring (bicyclic) bond motifs is 2. The number of piperidine rings is 1. The van der Waals surface area contributed by atoms with Gasteiger partial charge in [0.15, 0.2) is 0 Å². The van der Waals surface area contributed by atoms with Crippen LogP contribution in [0.2, 0.25) is 0 Å². The smallest absolute Gasteiger partial charge is 0.311 e. The number of amides is 3. The van der Waals surface area contributed by atoms with Gasteiger partial charge in [0.1, 0.15) is 6.04 Å². The molecule has 4 aliphatic heterocycles. The molecule has 4 fully saturated rings. The molecule has 4 aliphatic rings. The molecule has 4 rings (SSSR count). The second kappa shape index (κ2) is 8.93. The van der Waals surface area contributed by atoms with Crippen LogP contribution in [-0.4, -0.2) is 97.2 Å². The van der Waals surface area contributed by atoms with Crippen LogP contribution in [0.5, 0.6) is 0 Å². The molecule has 2 bridgehead atoms. The maximum absolute atomic E-state index is 12.5.